The zero-order chi connectivity index (χ0) is 27.4. The molecule has 1 aromatic carbocycles. The fraction of sp³-hybridized carbons (Fsp3) is 0.300. The van der Waals surface area contributed by atoms with Crippen LogP contribution < -0.4 is 10.3 Å². The largest absolute Gasteiger partial charge is 0.673 e. The minimum atomic E-state index is -6.00. The van der Waals surface area contributed by atoms with Gasteiger partial charge in [0.25, 0.3) is 0 Å². The Bertz CT molecular complexity index is 1500. The summed E-state index contributed by atoms with van der Waals surface area (Å²) >= 11 is 0.987. The van der Waals surface area contributed by atoms with E-state index in [1.165, 1.54) is 15.5 Å². The minimum absolute atomic E-state index is 0.0701. The van der Waals surface area contributed by atoms with Gasteiger partial charge in [0.2, 0.25) is 5.43 Å². The Labute approximate surface area is 205 Å². The van der Waals surface area contributed by atoms with Crippen LogP contribution in [0.5, 0.6) is 0 Å². The molecule has 1 aliphatic carbocycles. The molecule has 1 N–H and O–H groups in total. The number of hydrogen-bond donors (Lipinski definition) is 1. The number of pyridine rings is 1. The SMILES string of the molecule is F[B-](F)(F)F.O=C(O)c1cn(C2CC2)c2c(F)c(N3CCc4sc([N+](=O)[O-])cc4C3)c(F)c(F)c2c1=O. The Morgan fingerprint density at radius 1 is 1.14 bits per heavy atom. The molecule has 17 heteroatoms. The maximum Gasteiger partial charge on any atom is 0.673 e. The maximum absolute atomic E-state index is 15.7. The van der Waals surface area contributed by atoms with Crippen LogP contribution in [0.3, 0.4) is 0 Å². The Kier molecular flexibility index (Phi) is 6.68. The Balaban J connectivity index is 0.000000586. The van der Waals surface area contributed by atoms with Gasteiger partial charge in [0.15, 0.2) is 17.5 Å². The number of aromatic carboxylic acids is 1. The first-order valence-corrected chi connectivity index (χ1v) is 11.4. The van der Waals surface area contributed by atoms with Gasteiger partial charge in [-0.3, -0.25) is 14.9 Å². The second-order valence-electron chi connectivity index (χ2n) is 8.29. The highest BCUT2D eigenvalue weighted by molar-refractivity contribution is 7.15. The van der Waals surface area contributed by atoms with Crippen LogP contribution in [-0.2, 0) is 13.0 Å². The van der Waals surface area contributed by atoms with Crippen molar-refractivity contribution in [3.63, 3.8) is 0 Å². The van der Waals surface area contributed by atoms with Crippen molar-refractivity contribution in [3.8, 4) is 0 Å². The lowest BCUT2D eigenvalue weighted by atomic mass is 10.0. The molecule has 0 radical (unpaired) electrons. The molecule has 3 aromatic rings. The van der Waals surface area contributed by atoms with Gasteiger partial charge in [-0.05, 0) is 24.8 Å². The van der Waals surface area contributed by atoms with Crippen LogP contribution in [0.15, 0.2) is 17.1 Å². The summed E-state index contributed by atoms with van der Waals surface area (Å²) < 4.78 is 86.1. The molecular weight excluding hydrogens is 538 g/mol. The standard InChI is InChI=1S/C20H14F3N3O5S.BF4/c21-14-13-17(25(9-1-2-9)7-10(19(13)27)20(28)29)16(23)18(15(14)22)24-4-3-11-8(6-24)5-12(32-11)26(30)31;2-1(3,4)5/h5,7,9H,1-4,6H2,(H,28,29);/q;-1. The number of aromatic nitrogens is 1. The number of halogens is 7. The number of benzene rings is 1. The number of carboxylic acids is 1. The summed E-state index contributed by atoms with van der Waals surface area (Å²) in [7, 11) is -6.00. The molecular formula is C20H14BF7N3O5S-. The quantitative estimate of drug-likeness (QED) is 0.155. The van der Waals surface area contributed by atoms with E-state index in [0.717, 1.165) is 22.4 Å². The van der Waals surface area contributed by atoms with E-state index in [0.29, 0.717) is 18.4 Å². The molecule has 198 valence electrons. The Hall–Kier alpha value is -3.63. The molecule has 2 aromatic heterocycles. The number of anilines is 1. The zero-order valence-corrected chi connectivity index (χ0v) is 19.1. The first kappa shape index (κ1) is 26.4. The first-order chi connectivity index (χ1) is 17.2. The molecule has 0 unspecified atom stereocenters. The summed E-state index contributed by atoms with van der Waals surface area (Å²) in [5.41, 5.74) is -2.68. The number of fused-ring (bicyclic) bond motifs is 2. The summed E-state index contributed by atoms with van der Waals surface area (Å²) in [5, 5.41) is 19.3. The number of carboxylic acid groups (broad SMARTS) is 1. The molecule has 0 saturated heterocycles. The maximum atomic E-state index is 15.7. The highest BCUT2D eigenvalue weighted by Crippen LogP contribution is 2.42. The predicted octanol–water partition coefficient (Wildman–Crippen LogP) is 5.28. The molecule has 1 saturated carbocycles. The smallest absolute Gasteiger partial charge is 0.477 e. The number of rotatable bonds is 4. The fourth-order valence-corrected chi connectivity index (χ4v) is 5.13. The summed E-state index contributed by atoms with van der Waals surface area (Å²) in [6.45, 7) is 0.0175. The Morgan fingerprint density at radius 3 is 2.30 bits per heavy atom. The van der Waals surface area contributed by atoms with Crippen molar-refractivity contribution in [1.29, 1.82) is 0 Å². The average Bonchev–Trinajstić information content (AvgIpc) is 3.53. The van der Waals surface area contributed by atoms with Gasteiger partial charge in [-0.2, -0.15) is 0 Å². The van der Waals surface area contributed by atoms with Crippen LogP contribution in [0.1, 0.15) is 39.7 Å². The van der Waals surface area contributed by atoms with Gasteiger partial charge in [0, 0.05) is 36.3 Å². The molecule has 1 aliphatic heterocycles. The van der Waals surface area contributed by atoms with Gasteiger partial charge < -0.3 is 31.8 Å². The zero-order valence-electron chi connectivity index (χ0n) is 18.3. The highest BCUT2D eigenvalue weighted by atomic mass is 32.1. The molecule has 37 heavy (non-hydrogen) atoms. The number of nitro groups is 1. The lowest BCUT2D eigenvalue weighted by Gasteiger charge is -2.30. The van der Waals surface area contributed by atoms with Gasteiger partial charge in [-0.25, -0.2) is 18.0 Å². The molecule has 0 amide bonds. The molecule has 5 rings (SSSR count). The van der Waals surface area contributed by atoms with Crippen LogP contribution in [0, 0.1) is 27.6 Å². The van der Waals surface area contributed by atoms with Crippen LogP contribution in [0.4, 0.5) is 41.1 Å². The third kappa shape index (κ3) is 5.12. The normalized spacial score (nSPS) is 15.3. The summed E-state index contributed by atoms with van der Waals surface area (Å²) in [6.07, 6.45) is 2.41. The monoisotopic (exact) mass is 552 g/mol. The van der Waals surface area contributed by atoms with Gasteiger partial charge in [-0.15, -0.1) is 0 Å². The topological polar surface area (TPSA) is 106 Å². The molecule has 2 aliphatic rings. The lowest BCUT2D eigenvalue weighted by molar-refractivity contribution is -0.380. The van der Waals surface area contributed by atoms with Crippen molar-refractivity contribution in [2.75, 3.05) is 11.4 Å². The van der Waals surface area contributed by atoms with E-state index >= 15 is 13.2 Å². The first-order valence-electron chi connectivity index (χ1n) is 10.6. The van der Waals surface area contributed by atoms with Gasteiger partial charge >= 0.3 is 18.2 Å². The molecule has 8 nitrogen and oxygen atoms in total. The van der Waals surface area contributed by atoms with Gasteiger partial charge in [0.1, 0.15) is 11.3 Å². The van der Waals surface area contributed by atoms with Crippen molar-refractivity contribution < 1.29 is 45.3 Å². The molecule has 3 heterocycles. The number of thiophene rings is 1. The van der Waals surface area contributed by atoms with E-state index in [4.69, 9.17) is 0 Å². The van der Waals surface area contributed by atoms with E-state index in [-0.39, 0.29) is 30.6 Å². The second-order valence-corrected chi connectivity index (χ2v) is 9.40. The minimum Gasteiger partial charge on any atom is -0.477 e. The molecule has 0 spiro atoms. The molecule has 0 bridgehead atoms. The van der Waals surface area contributed by atoms with Crippen LogP contribution in [0.25, 0.3) is 10.9 Å². The number of carbonyl (C=O) groups is 1. The molecule has 1 fully saturated rings. The average molecular weight is 552 g/mol. The van der Waals surface area contributed by atoms with Crippen molar-refractivity contribution in [3.05, 3.63) is 66.1 Å². The van der Waals surface area contributed by atoms with E-state index in [1.807, 2.05) is 0 Å². The fourth-order valence-electron chi connectivity index (χ4n) is 4.15. The van der Waals surface area contributed by atoms with Crippen molar-refractivity contribution in [2.24, 2.45) is 0 Å². The van der Waals surface area contributed by atoms with Crippen molar-refractivity contribution in [1.82, 2.24) is 4.57 Å². The van der Waals surface area contributed by atoms with Crippen LogP contribution >= 0.6 is 11.3 Å². The summed E-state index contributed by atoms with van der Waals surface area (Å²) in [4.78, 5) is 36.5. The highest BCUT2D eigenvalue weighted by Gasteiger charge is 2.35. The van der Waals surface area contributed by atoms with E-state index < -0.39 is 63.2 Å². The van der Waals surface area contributed by atoms with E-state index in [1.54, 1.807) is 0 Å². The third-order valence-electron chi connectivity index (χ3n) is 5.79. The van der Waals surface area contributed by atoms with Gasteiger partial charge in [-0.1, -0.05) is 11.3 Å². The number of nitrogens with zero attached hydrogens (tertiary/aromatic N) is 3. The predicted molar refractivity (Wildman–Crippen MR) is 119 cm³/mol. The summed E-state index contributed by atoms with van der Waals surface area (Å²) in [5.74, 6) is -5.97. The lowest BCUT2D eigenvalue weighted by Crippen LogP contribution is -2.32. The van der Waals surface area contributed by atoms with Crippen LogP contribution in [-0.4, -0.2) is 34.4 Å². The van der Waals surface area contributed by atoms with Crippen molar-refractivity contribution >= 4 is 46.2 Å². The van der Waals surface area contributed by atoms with E-state index in [2.05, 4.69) is 0 Å². The van der Waals surface area contributed by atoms with Crippen molar-refractivity contribution in [2.45, 2.75) is 31.8 Å². The summed E-state index contributed by atoms with van der Waals surface area (Å²) in [6, 6.07) is 1.01. The van der Waals surface area contributed by atoms with E-state index in [9.17, 15) is 42.1 Å². The second kappa shape index (κ2) is 9.35. The number of hydrogen-bond acceptors (Lipinski definition) is 6. The van der Waals surface area contributed by atoms with Gasteiger partial charge in [0.05, 0.1) is 15.8 Å². The molecule has 0 atom stereocenters. The van der Waals surface area contributed by atoms with Crippen LogP contribution in [0.2, 0.25) is 0 Å². The third-order valence-corrected chi connectivity index (χ3v) is 6.98. The Morgan fingerprint density at radius 2 is 1.76 bits per heavy atom.